The van der Waals surface area contributed by atoms with E-state index in [2.05, 4.69) is 0 Å². The molecule has 0 heterocycles. The van der Waals surface area contributed by atoms with Gasteiger partial charge in [-0.1, -0.05) is 0 Å². The van der Waals surface area contributed by atoms with Gasteiger partial charge in [0.1, 0.15) is 0 Å². The van der Waals surface area contributed by atoms with Crippen molar-refractivity contribution in [1.29, 1.82) is 0 Å². The van der Waals surface area contributed by atoms with Gasteiger partial charge in [-0.3, -0.25) is 4.79 Å². The third kappa shape index (κ3) is 2.81. The van der Waals surface area contributed by atoms with E-state index < -0.39 is 5.92 Å². The van der Waals surface area contributed by atoms with E-state index in [1.54, 1.807) is 24.3 Å². The molecule has 92 valence electrons. The van der Waals surface area contributed by atoms with Gasteiger partial charge in [-0.2, -0.15) is 0 Å². The zero-order valence-electron chi connectivity index (χ0n) is 9.46. The summed E-state index contributed by atoms with van der Waals surface area (Å²) in [5, 5.41) is 0. The van der Waals surface area contributed by atoms with Crippen LogP contribution in [0.5, 0.6) is 0 Å². The van der Waals surface area contributed by atoms with Gasteiger partial charge in [0.2, 0.25) is 5.92 Å². The van der Waals surface area contributed by atoms with Crippen LogP contribution in [-0.2, 0) is 0 Å². The second-order valence-corrected chi connectivity index (χ2v) is 4.62. The molecule has 4 heteroatoms. The van der Waals surface area contributed by atoms with Crippen molar-refractivity contribution in [2.24, 2.45) is 5.92 Å². The number of anilines is 1. The number of carbonyl (C=O) groups excluding carboxylic acids is 1. The molecule has 2 rings (SSSR count). The molecule has 1 saturated carbocycles. The summed E-state index contributed by atoms with van der Waals surface area (Å²) in [6.45, 7) is 0. The average Bonchev–Trinajstić information content (AvgIpc) is 2.29. The maximum atomic E-state index is 13.0. The molecular formula is C13H15F2NO. The van der Waals surface area contributed by atoms with E-state index in [9.17, 15) is 13.6 Å². The number of hydrogen-bond acceptors (Lipinski definition) is 2. The maximum Gasteiger partial charge on any atom is 0.248 e. The second-order valence-electron chi connectivity index (χ2n) is 4.62. The first-order valence-electron chi connectivity index (χ1n) is 5.75. The Kier molecular flexibility index (Phi) is 3.13. The summed E-state index contributed by atoms with van der Waals surface area (Å²) in [6, 6.07) is 6.63. The molecule has 1 aliphatic rings. The molecule has 17 heavy (non-hydrogen) atoms. The molecule has 0 bridgehead atoms. The molecule has 0 atom stereocenters. The Balaban J connectivity index is 2.04. The van der Waals surface area contributed by atoms with Crippen LogP contribution in [0, 0.1) is 5.92 Å². The Hall–Kier alpha value is -1.45. The summed E-state index contributed by atoms with van der Waals surface area (Å²) in [4.78, 5) is 12.0. The Bertz CT molecular complexity index is 404. The highest BCUT2D eigenvalue weighted by Crippen LogP contribution is 2.37. The van der Waals surface area contributed by atoms with Crippen molar-refractivity contribution >= 4 is 11.5 Å². The molecule has 0 aromatic heterocycles. The number of nitrogen functional groups attached to an aromatic ring is 1. The highest BCUT2D eigenvalue weighted by atomic mass is 19.3. The Morgan fingerprint density at radius 1 is 1.18 bits per heavy atom. The van der Waals surface area contributed by atoms with Crippen LogP contribution >= 0.6 is 0 Å². The van der Waals surface area contributed by atoms with Gasteiger partial charge in [0.25, 0.3) is 0 Å². The van der Waals surface area contributed by atoms with Crippen LogP contribution in [0.1, 0.15) is 36.0 Å². The molecule has 1 aliphatic carbocycles. The first-order chi connectivity index (χ1) is 7.98. The van der Waals surface area contributed by atoms with Gasteiger partial charge in [-0.05, 0) is 37.1 Å². The second kappa shape index (κ2) is 4.43. The van der Waals surface area contributed by atoms with Crippen molar-refractivity contribution in [1.82, 2.24) is 0 Å². The van der Waals surface area contributed by atoms with Crippen molar-refractivity contribution in [3.8, 4) is 0 Å². The van der Waals surface area contributed by atoms with Crippen molar-refractivity contribution in [2.45, 2.75) is 31.6 Å². The third-order valence-electron chi connectivity index (χ3n) is 3.28. The monoisotopic (exact) mass is 239 g/mol. The minimum absolute atomic E-state index is 0.0412. The lowest BCUT2D eigenvalue weighted by Gasteiger charge is -2.27. The summed E-state index contributed by atoms with van der Waals surface area (Å²) in [7, 11) is 0. The molecule has 0 spiro atoms. The minimum atomic E-state index is -2.59. The van der Waals surface area contributed by atoms with Crippen molar-refractivity contribution in [2.75, 3.05) is 5.73 Å². The van der Waals surface area contributed by atoms with Crippen molar-refractivity contribution in [3.63, 3.8) is 0 Å². The SMILES string of the molecule is Nc1ccc(C(=O)C2CCC(F)(F)CC2)cc1. The fraction of sp³-hybridized carbons (Fsp3) is 0.462. The number of halogens is 2. The average molecular weight is 239 g/mol. The number of Topliss-reactive ketones (excluding diaryl/α,β-unsaturated/α-hetero) is 1. The molecule has 1 aromatic rings. The first kappa shape index (κ1) is 12.0. The quantitative estimate of drug-likeness (QED) is 0.635. The number of alkyl halides is 2. The number of rotatable bonds is 2. The summed E-state index contributed by atoms with van der Waals surface area (Å²) in [6.07, 6.45) is 0.184. The van der Waals surface area contributed by atoms with E-state index >= 15 is 0 Å². The van der Waals surface area contributed by atoms with Gasteiger partial charge in [-0.25, -0.2) is 8.78 Å². The Morgan fingerprint density at radius 2 is 1.71 bits per heavy atom. The predicted molar refractivity (Wildman–Crippen MR) is 62.1 cm³/mol. The summed E-state index contributed by atoms with van der Waals surface area (Å²) < 4.78 is 25.9. The minimum Gasteiger partial charge on any atom is -0.399 e. The van der Waals surface area contributed by atoms with E-state index in [-0.39, 0.29) is 37.4 Å². The zero-order valence-corrected chi connectivity index (χ0v) is 9.46. The summed E-state index contributed by atoms with van der Waals surface area (Å²) in [5.41, 5.74) is 6.69. The fourth-order valence-electron chi connectivity index (χ4n) is 2.19. The predicted octanol–water partition coefficient (Wildman–Crippen LogP) is 3.28. The highest BCUT2D eigenvalue weighted by molar-refractivity contribution is 5.98. The Morgan fingerprint density at radius 3 is 2.24 bits per heavy atom. The first-order valence-corrected chi connectivity index (χ1v) is 5.75. The molecular weight excluding hydrogens is 224 g/mol. The van der Waals surface area contributed by atoms with Crippen LogP contribution in [0.25, 0.3) is 0 Å². The van der Waals surface area contributed by atoms with Gasteiger partial charge in [-0.15, -0.1) is 0 Å². The fourth-order valence-corrected chi connectivity index (χ4v) is 2.19. The van der Waals surface area contributed by atoms with E-state index in [4.69, 9.17) is 5.73 Å². The molecule has 1 fully saturated rings. The molecule has 1 aromatic carbocycles. The van der Waals surface area contributed by atoms with Crippen LogP contribution < -0.4 is 5.73 Å². The van der Waals surface area contributed by atoms with E-state index in [0.717, 1.165) is 0 Å². The van der Waals surface area contributed by atoms with E-state index in [0.29, 0.717) is 11.3 Å². The molecule has 2 nitrogen and oxygen atoms in total. The zero-order chi connectivity index (χ0) is 12.5. The largest absolute Gasteiger partial charge is 0.399 e. The van der Waals surface area contributed by atoms with E-state index in [1.165, 1.54) is 0 Å². The summed E-state index contributed by atoms with van der Waals surface area (Å²) >= 11 is 0. The number of carbonyl (C=O) groups is 1. The van der Waals surface area contributed by atoms with Crippen LogP contribution in [0.15, 0.2) is 24.3 Å². The van der Waals surface area contributed by atoms with Crippen molar-refractivity contribution in [3.05, 3.63) is 29.8 Å². The smallest absolute Gasteiger partial charge is 0.248 e. The number of benzene rings is 1. The lowest BCUT2D eigenvalue weighted by Crippen LogP contribution is -2.28. The normalized spacial score (nSPS) is 20.1. The van der Waals surface area contributed by atoms with Gasteiger partial charge >= 0.3 is 0 Å². The lowest BCUT2D eigenvalue weighted by atomic mass is 9.82. The highest BCUT2D eigenvalue weighted by Gasteiger charge is 2.37. The number of nitrogens with two attached hydrogens (primary N) is 1. The molecule has 2 N–H and O–H groups in total. The van der Waals surface area contributed by atoms with Crippen LogP contribution in [0.3, 0.4) is 0 Å². The third-order valence-corrected chi connectivity index (χ3v) is 3.28. The van der Waals surface area contributed by atoms with Gasteiger partial charge < -0.3 is 5.73 Å². The van der Waals surface area contributed by atoms with Crippen molar-refractivity contribution < 1.29 is 13.6 Å². The van der Waals surface area contributed by atoms with Crippen LogP contribution in [-0.4, -0.2) is 11.7 Å². The summed E-state index contributed by atoms with van der Waals surface area (Å²) in [5.74, 6) is -2.89. The van der Waals surface area contributed by atoms with E-state index in [1.807, 2.05) is 0 Å². The standard InChI is InChI=1S/C13H15F2NO/c14-13(15)7-5-10(6-8-13)12(17)9-1-3-11(16)4-2-9/h1-4,10H,5-8,16H2. The van der Waals surface area contributed by atoms with Crippen LogP contribution in [0.2, 0.25) is 0 Å². The van der Waals surface area contributed by atoms with Crippen LogP contribution in [0.4, 0.5) is 14.5 Å². The Labute approximate surface area is 98.8 Å². The number of hydrogen-bond donors (Lipinski definition) is 1. The molecule has 0 saturated heterocycles. The maximum absolute atomic E-state index is 13.0. The molecule has 0 aliphatic heterocycles. The molecule has 0 unspecified atom stereocenters. The molecule has 0 radical (unpaired) electrons. The van der Waals surface area contributed by atoms with Gasteiger partial charge in [0.15, 0.2) is 5.78 Å². The lowest BCUT2D eigenvalue weighted by molar-refractivity contribution is -0.0424. The molecule has 0 amide bonds. The van der Waals surface area contributed by atoms with Gasteiger partial charge in [0, 0.05) is 30.0 Å². The van der Waals surface area contributed by atoms with Gasteiger partial charge in [0.05, 0.1) is 0 Å². The topological polar surface area (TPSA) is 43.1 Å². The number of ketones is 1.